The van der Waals surface area contributed by atoms with E-state index < -0.39 is 49.1 Å². The standard InChI is InChI=1S/C25H25Cl2N3O8/c1-11(32)29-21-23(34)22(33)17(10-31)38-25(21)37-13-5-3-12(4-6-13)30-19-14-7-8-16(26)18(27)20(14)28-9-15(19)24(35)36-2/h3-9,17,21-23,25,31,33-34H,10H2,1-2H3,(H,28,30)(H,29,32). The Balaban J connectivity index is 1.61. The van der Waals surface area contributed by atoms with E-state index in [-0.39, 0.29) is 10.6 Å². The van der Waals surface area contributed by atoms with Crippen LogP contribution in [0.25, 0.3) is 10.9 Å². The minimum absolute atomic E-state index is 0.176. The Bertz CT molecular complexity index is 1340. The summed E-state index contributed by atoms with van der Waals surface area (Å²) in [7, 11) is 1.26. The summed E-state index contributed by atoms with van der Waals surface area (Å²) in [6.07, 6.45) is -3.83. The number of ether oxygens (including phenoxy) is 3. The molecule has 0 bridgehead atoms. The molecule has 1 aromatic heterocycles. The molecule has 11 nitrogen and oxygen atoms in total. The van der Waals surface area contributed by atoms with E-state index in [1.807, 2.05) is 0 Å². The van der Waals surface area contributed by atoms with Gasteiger partial charge in [0.25, 0.3) is 0 Å². The van der Waals surface area contributed by atoms with E-state index in [0.29, 0.717) is 33.0 Å². The molecule has 0 radical (unpaired) electrons. The highest BCUT2D eigenvalue weighted by atomic mass is 35.5. The van der Waals surface area contributed by atoms with Crippen LogP contribution < -0.4 is 15.4 Å². The van der Waals surface area contributed by atoms with Crippen molar-refractivity contribution in [2.24, 2.45) is 0 Å². The van der Waals surface area contributed by atoms with E-state index in [1.54, 1.807) is 36.4 Å². The van der Waals surface area contributed by atoms with E-state index in [4.69, 9.17) is 37.4 Å². The van der Waals surface area contributed by atoms with Crippen molar-refractivity contribution in [3.8, 4) is 5.75 Å². The molecule has 3 aromatic rings. The summed E-state index contributed by atoms with van der Waals surface area (Å²) in [5.41, 5.74) is 1.54. The number of benzene rings is 2. The zero-order valence-electron chi connectivity index (χ0n) is 20.2. The third kappa shape index (κ3) is 5.63. The minimum Gasteiger partial charge on any atom is -0.465 e. The number of methoxy groups -OCH3 is 1. The predicted octanol–water partition coefficient (Wildman–Crippen LogP) is 2.39. The normalized spacial score (nSPS) is 23.1. The number of esters is 1. The molecular weight excluding hydrogens is 541 g/mol. The van der Waals surface area contributed by atoms with Gasteiger partial charge in [-0.3, -0.25) is 9.78 Å². The number of pyridine rings is 1. The van der Waals surface area contributed by atoms with Crippen molar-refractivity contribution in [2.75, 3.05) is 19.0 Å². The van der Waals surface area contributed by atoms with Crippen LogP contribution in [0.2, 0.25) is 10.0 Å². The zero-order chi connectivity index (χ0) is 27.6. The first-order valence-corrected chi connectivity index (χ1v) is 12.2. The number of aliphatic hydroxyl groups excluding tert-OH is 3. The van der Waals surface area contributed by atoms with Crippen LogP contribution >= 0.6 is 23.2 Å². The molecule has 1 aliphatic heterocycles. The number of aliphatic hydroxyl groups is 3. The van der Waals surface area contributed by atoms with E-state index >= 15 is 0 Å². The van der Waals surface area contributed by atoms with Gasteiger partial charge in [0.05, 0.1) is 35.0 Å². The summed E-state index contributed by atoms with van der Waals surface area (Å²) in [5, 5.41) is 36.9. The minimum atomic E-state index is -1.44. The lowest BCUT2D eigenvalue weighted by Gasteiger charge is -2.42. The van der Waals surface area contributed by atoms with Gasteiger partial charge >= 0.3 is 5.97 Å². The fourth-order valence-electron chi connectivity index (χ4n) is 4.07. The predicted molar refractivity (Wildman–Crippen MR) is 139 cm³/mol. The molecule has 1 fully saturated rings. The lowest BCUT2D eigenvalue weighted by molar-refractivity contribution is -0.244. The maximum atomic E-state index is 12.4. The second-order valence-electron chi connectivity index (χ2n) is 8.50. The van der Waals surface area contributed by atoms with Crippen LogP contribution in [0.15, 0.2) is 42.6 Å². The van der Waals surface area contributed by atoms with Crippen LogP contribution in [0.3, 0.4) is 0 Å². The lowest BCUT2D eigenvalue weighted by atomic mass is 9.97. The Morgan fingerprint density at radius 1 is 1.11 bits per heavy atom. The van der Waals surface area contributed by atoms with Crippen LogP contribution in [0, 0.1) is 0 Å². The topological polar surface area (TPSA) is 159 Å². The van der Waals surface area contributed by atoms with E-state index in [0.717, 1.165) is 0 Å². The van der Waals surface area contributed by atoms with Gasteiger partial charge in [-0.25, -0.2) is 4.79 Å². The summed E-state index contributed by atoms with van der Waals surface area (Å²) in [6.45, 7) is 0.687. The number of aromatic nitrogens is 1. The molecule has 0 aliphatic carbocycles. The van der Waals surface area contributed by atoms with Gasteiger partial charge < -0.3 is 40.2 Å². The molecule has 202 valence electrons. The molecule has 2 aromatic carbocycles. The molecule has 1 saturated heterocycles. The summed E-state index contributed by atoms with van der Waals surface area (Å²) < 4.78 is 16.3. The van der Waals surface area contributed by atoms with Crippen LogP contribution in [-0.4, -0.2) is 76.5 Å². The first-order valence-electron chi connectivity index (χ1n) is 11.4. The maximum Gasteiger partial charge on any atom is 0.341 e. The highest BCUT2D eigenvalue weighted by Gasteiger charge is 2.46. The number of amides is 1. The first kappa shape index (κ1) is 27.8. The summed E-state index contributed by atoms with van der Waals surface area (Å²) in [5.74, 6) is -0.767. The molecule has 4 rings (SSSR count). The number of nitrogens with zero attached hydrogens (tertiary/aromatic N) is 1. The largest absolute Gasteiger partial charge is 0.465 e. The van der Waals surface area contributed by atoms with Crippen molar-refractivity contribution in [2.45, 2.75) is 37.6 Å². The number of carbonyl (C=O) groups is 2. The van der Waals surface area contributed by atoms with Gasteiger partial charge in [-0.1, -0.05) is 23.2 Å². The third-order valence-electron chi connectivity index (χ3n) is 5.96. The van der Waals surface area contributed by atoms with Crippen molar-refractivity contribution in [3.63, 3.8) is 0 Å². The second kappa shape index (κ2) is 11.7. The smallest absolute Gasteiger partial charge is 0.341 e. The van der Waals surface area contributed by atoms with Gasteiger partial charge in [0.2, 0.25) is 12.2 Å². The molecule has 13 heteroatoms. The van der Waals surface area contributed by atoms with Crippen molar-refractivity contribution in [1.82, 2.24) is 10.3 Å². The number of hydrogen-bond donors (Lipinski definition) is 5. The molecule has 2 heterocycles. The number of rotatable bonds is 7. The molecule has 0 spiro atoms. The molecule has 0 saturated carbocycles. The SMILES string of the molecule is COC(=O)c1cnc2c(Cl)c(Cl)ccc2c1Nc1ccc(OC2OC(CO)C(O)C(O)C2NC(C)=O)cc1. The van der Waals surface area contributed by atoms with Gasteiger partial charge in [0, 0.05) is 24.2 Å². The summed E-state index contributed by atoms with van der Waals surface area (Å²) in [4.78, 5) is 28.3. The van der Waals surface area contributed by atoms with Gasteiger partial charge in [-0.2, -0.15) is 0 Å². The van der Waals surface area contributed by atoms with Gasteiger partial charge in [0.15, 0.2) is 0 Å². The highest BCUT2D eigenvalue weighted by molar-refractivity contribution is 6.45. The molecular formula is C25H25Cl2N3O8. The van der Waals surface area contributed by atoms with E-state index in [1.165, 1.54) is 20.2 Å². The van der Waals surface area contributed by atoms with E-state index in [9.17, 15) is 24.9 Å². The Morgan fingerprint density at radius 3 is 2.45 bits per heavy atom. The Morgan fingerprint density at radius 2 is 1.82 bits per heavy atom. The average molecular weight is 566 g/mol. The molecule has 1 amide bonds. The Kier molecular flexibility index (Phi) is 8.56. The van der Waals surface area contributed by atoms with Gasteiger partial charge in [0.1, 0.15) is 35.7 Å². The fourth-order valence-corrected chi connectivity index (χ4v) is 4.44. The van der Waals surface area contributed by atoms with Crippen molar-refractivity contribution < 1.29 is 39.1 Å². The summed E-state index contributed by atoms with van der Waals surface area (Å²) in [6, 6.07) is 8.68. The number of hydrogen-bond acceptors (Lipinski definition) is 10. The van der Waals surface area contributed by atoms with Crippen molar-refractivity contribution in [3.05, 3.63) is 58.2 Å². The van der Waals surface area contributed by atoms with E-state index in [2.05, 4.69) is 15.6 Å². The van der Waals surface area contributed by atoms with Crippen LogP contribution in [0.1, 0.15) is 17.3 Å². The van der Waals surface area contributed by atoms with Gasteiger partial charge in [-0.15, -0.1) is 0 Å². The number of anilines is 2. The average Bonchev–Trinajstić information content (AvgIpc) is 2.91. The highest BCUT2D eigenvalue weighted by Crippen LogP contribution is 2.36. The zero-order valence-corrected chi connectivity index (χ0v) is 21.7. The molecule has 38 heavy (non-hydrogen) atoms. The second-order valence-corrected chi connectivity index (χ2v) is 9.28. The first-order chi connectivity index (χ1) is 18.1. The number of nitrogens with one attached hydrogen (secondary N) is 2. The van der Waals surface area contributed by atoms with Crippen LogP contribution in [-0.2, 0) is 14.3 Å². The molecule has 5 N–H and O–H groups in total. The molecule has 5 atom stereocenters. The fraction of sp³-hybridized carbons (Fsp3) is 0.320. The number of carbonyl (C=O) groups excluding carboxylic acids is 2. The number of fused-ring (bicyclic) bond motifs is 1. The monoisotopic (exact) mass is 565 g/mol. The van der Waals surface area contributed by atoms with Crippen molar-refractivity contribution in [1.29, 1.82) is 0 Å². The van der Waals surface area contributed by atoms with Gasteiger partial charge in [-0.05, 0) is 36.4 Å². The third-order valence-corrected chi connectivity index (χ3v) is 6.76. The Labute approximate surface area is 227 Å². The maximum absolute atomic E-state index is 12.4. The molecule has 5 unspecified atom stereocenters. The Hall–Kier alpha value is -3.19. The quantitative estimate of drug-likeness (QED) is 0.269. The summed E-state index contributed by atoms with van der Waals surface area (Å²) >= 11 is 12.4. The lowest BCUT2D eigenvalue weighted by Crippen LogP contribution is -2.65. The molecule has 1 aliphatic rings. The van der Waals surface area contributed by atoms with Crippen molar-refractivity contribution >= 4 is 57.4 Å². The van der Waals surface area contributed by atoms with Crippen LogP contribution in [0.4, 0.5) is 11.4 Å². The van der Waals surface area contributed by atoms with Crippen LogP contribution in [0.5, 0.6) is 5.75 Å². The number of halogens is 2.